The van der Waals surface area contributed by atoms with Gasteiger partial charge in [0.15, 0.2) is 11.0 Å². The minimum absolute atomic E-state index is 0.0999. The van der Waals surface area contributed by atoms with E-state index in [0.29, 0.717) is 28.7 Å². The van der Waals surface area contributed by atoms with E-state index in [1.807, 2.05) is 0 Å². The van der Waals surface area contributed by atoms with Crippen molar-refractivity contribution in [3.05, 3.63) is 53.8 Å². The van der Waals surface area contributed by atoms with Crippen LogP contribution in [-0.4, -0.2) is 47.1 Å². The molecule has 1 saturated carbocycles. The smallest absolute Gasteiger partial charge is 0.338 e. The van der Waals surface area contributed by atoms with E-state index in [-0.39, 0.29) is 17.2 Å². The quantitative estimate of drug-likeness (QED) is 0.433. The van der Waals surface area contributed by atoms with Crippen LogP contribution < -0.4 is 16.4 Å². The predicted molar refractivity (Wildman–Crippen MR) is 121 cm³/mol. The fourth-order valence-electron chi connectivity index (χ4n) is 3.69. The first-order valence-corrected chi connectivity index (χ1v) is 11.1. The van der Waals surface area contributed by atoms with Gasteiger partial charge in [-0.15, -0.1) is 0 Å². The van der Waals surface area contributed by atoms with Gasteiger partial charge in [0.2, 0.25) is 5.91 Å². The number of hydrogen-bond acceptors (Lipinski definition) is 5. The Kier molecular flexibility index (Phi) is 6.21. The van der Waals surface area contributed by atoms with Gasteiger partial charge < -0.3 is 16.0 Å². The summed E-state index contributed by atoms with van der Waals surface area (Å²) in [5, 5.41) is 5.16. The molecular formula is C22H21F4N5O2S. The fourth-order valence-corrected chi connectivity index (χ4v) is 4.60. The maximum absolute atomic E-state index is 14.0. The molecule has 7 nitrogen and oxygen atoms in total. The minimum Gasteiger partial charge on any atom is -0.338 e. The number of anilines is 2. The van der Waals surface area contributed by atoms with Crippen molar-refractivity contribution in [1.29, 1.82) is 0 Å². The molecule has 0 unspecified atom stereocenters. The highest BCUT2D eigenvalue weighted by Crippen LogP contribution is 2.44. The highest BCUT2D eigenvalue weighted by molar-refractivity contribution is 7.22. The first-order chi connectivity index (χ1) is 16.0. The number of nitrogens with one attached hydrogen (secondary N) is 2. The Hall–Kier alpha value is -3.25. The third kappa shape index (κ3) is 4.82. The van der Waals surface area contributed by atoms with Gasteiger partial charge in [-0.1, -0.05) is 17.4 Å². The SMILES string of the molecule is CN(C(=O)[C@@H](c1ccc2nc(NC(=O)Nc3ccc(F)cc3)sc2c1)C(F)(F)F)C1(CN)CC1. The van der Waals surface area contributed by atoms with Crippen LogP contribution in [0, 0.1) is 5.82 Å². The van der Waals surface area contributed by atoms with E-state index in [9.17, 15) is 27.2 Å². The van der Waals surface area contributed by atoms with Crippen LogP contribution in [0.4, 0.5) is 33.2 Å². The largest absolute Gasteiger partial charge is 0.404 e. The molecule has 1 aromatic heterocycles. The molecule has 0 spiro atoms. The van der Waals surface area contributed by atoms with Gasteiger partial charge in [-0.25, -0.2) is 14.2 Å². The second-order valence-corrected chi connectivity index (χ2v) is 9.16. The van der Waals surface area contributed by atoms with Crippen molar-refractivity contribution in [3.8, 4) is 0 Å². The van der Waals surface area contributed by atoms with Crippen molar-refractivity contribution >= 4 is 44.3 Å². The number of likely N-dealkylation sites (N-methyl/N-ethyl adjacent to an activating group) is 1. The Morgan fingerprint density at radius 2 is 1.85 bits per heavy atom. The van der Waals surface area contributed by atoms with Gasteiger partial charge in [-0.3, -0.25) is 10.1 Å². The molecule has 12 heteroatoms. The zero-order chi connectivity index (χ0) is 24.7. The summed E-state index contributed by atoms with van der Waals surface area (Å²) in [5.41, 5.74) is 5.48. The normalized spacial score (nSPS) is 15.6. The van der Waals surface area contributed by atoms with E-state index >= 15 is 0 Å². The lowest BCUT2D eigenvalue weighted by Gasteiger charge is -2.31. The number of nitrogens with zero attached hydrogens (tertiary/aromatic N) is 2. The third-order valence-electron chi connectivity index (χ3n) is 5.89. The Labute approximate surface area is 195 Å². The third-order valence-corrected chi connectivity index (χ3v) is 6.83. The van der Waals surface area contributed by atoms with E-state index in [1.54, 1.807) is 0 Å². The molecule has 1 aliphatic rings. The molecule has 0 bridgehead atoms. The van der Waals surface area contributed by atoms with E-state index in [0.717, 1.165) is 16.2 Å². The molecule has 3 aromatic rings. The van der Waals surface area contributed by atoms with Crippen LogP contribution in [0.5, 0.6) is 0 Å². The number of benzene rings is 2. The van der Waals surface area contributed by atoms with Crippen LogP contribution in [0.3, 0.4) is 0 Å². The summed E-state index contributed by atoms with van der Waals surface area (Å²) in [6.45, 7) is 0.0999. The van der Waals surface area contributed by atoms with Crippen LogP contribution in [-0.2, 0) is 4.79 Å². The van der Waals surface area contributed by atoms with Crippen molar-refractivity contribution in [2.24, 2.45) is 5.73 Å². The van der Waals surface area contributed by atoms with Crippen molar-refractivity contribution in [1.82, 2.24) is 9.88 Å². The summed E-state index contributed by atoms with van der Waals surface area (Å²) >= 11 is 0.968. The van der Waals surface area contributed by atoms with Gasteiger partial charge in [0.05, 0.1) is 15.8 Å². The molecular weight excluding hydrogens is 474 g/mol. The van der Waals surface area contributed by atoms with Crippen molar-refractivity contribution < 1.29 is 27.2 Å². The molecule has 4 rings (SSSR count). The monoisotopic (exact) mass is 495 g/mol. The number of amides is 3. The zero-order valence-electron chi connectivity index (χ0n) is 17.9. The zero-order valence-corrected chi connectivity index (χ0v) is 18.8. The molecule has 1 atom stereocenters. The van der Waals surface area contributed by atoms with Gasteiger partial charge >= 0.3 is 12.2 Å². The average Bonchev–Trinajstić information content (AvgIpc) is 3.47. The minimum atomic E-state index is -4.80. The lowest BCUT2D eigenvalue weighted by atomic mass is 9.96. The molecule has 0 aliphatic heterocycles. The van der Waals surface area contributed by atoms with Crippen LogP contribution in [0.2, 0.25) is 0 Å². The number of fused-ring (bicyclic) bond motifs is 1. The van der Waals surface area contributed by atoms with Crippen LogP contribution in [0.15, 0.2) is 42.5 Å². The van der Waals surface area contributed by atoms with Gasteiger partial charge in [-0.05, 0) is 54.8 Å². The Bertz CT molecular complexity index is 1220. The molecule has 0 radical (unpaired) electrons. The van der Waals surface area contributed by atoms with E-state index in [4.69, 9.17) is 5.73 Å². The molecule has 1 aliphatic carbocycles. The number of urea groups is 1. The Morgan fingerprint density at radius 1 is 1.18 bits per heavy atom. The van der Waals surface area contributed by atoms with E-state index in [1.165, 1.54) is 49.5 Å². The molecule has 180 valence electrons. The van der Waals surface area contributed by atoms with Gasteiger partial charge in [0.25, 0.3) is 0 Å². The Balaban J connectivity index is 1.55. The Morgan fingerprint density at radius 3 is 2.44 bits per heavy atom. The number of alkyl halides is 3. The molecule has 3 amide bonds. The van der Waals surface area contributed by atoms with Crippen LogP contribution >= 0.6 is 11.3 Å². The number of thiazole rings is 1. The molecule has 1 heterocycles. The average molecular weight is 496 g/mol. The lowest BCUT2D eigenvalue weighted by Crippen LogP contribution is -2.48. The summed E-state index contributed by atoms with van der Waals surface area (Å²) < 4.78 is 55.2. The number of hydrogen-bond donors (Lipinski definition) is 3. The number of rotatable bonds is 6. The van der Waals surface area contributed by atoms with Crippen LogP contribution in [0.1, 0.15) is 24.3 Å². The maximum Gasteiger partial charge on any atom is 0.404 e. The summed E-state index contributed by atoms with van der Waals surface area (Å²) in [6, 6.07) is 8.34. The van der Waals surface area contributed by atoms with Crippen molar-refractivity contribution in [2.45, 2.75) is 30.5 Å². The number of carbonyl (C=O) groups excluding carboxylic acids is 2. The van der Waals surface area contributed by atoms with Gasteiger partial charge in [0, 0.05) is 19.3 Å². The second kappa shape index (κ2) is 8.84. The van der Waals surface area contributed by atoms with Gasteiger partial charge in [-0.2, -0.15) is 13.2 Å². The standard InChI is InChI=1S/C22H21F4N5O2S/c1-31(21(11-27)8-9-21)18(32)17(22(24,25)26)12-2-7-15-16(10-12)34-20(29-15)30-19(33)28-14-5-3-13(23)4-6-14/h2-7,10,17H,8-9,11,27H2,1H3,(H2,28,29,30,33)/t17-/m1/s1. The number of nitrogens with two attached hydrogens (primary N) is 1. The number of carbonyl (C=O) groups is 2. The first-order valence-electron chi connectivity index (χ1n) is 10.3. The molecule has 1 fully saturated rings. The maximum atomic E-state index is 14.0. The number of aromatic nitrogens is 1. The summed E-state index contributed by atoms with van der Waals surface area (Å²) in [4.78, 5) is 30.4. The highest BCUT2D eigenvalue weighted by Gasteiger charge is 2.54. The van der Waals surface area contributed by atoms with Gasteiger partial charge in [0.1, 0.15) is 5.82 Å². The number of halogens is 4. The summed E-state index contributed by atoms with van der Waals surface area (Å²) in [6.07, 6.45) is -3.66. The predicted octanol–water partition coefficient (Wildman–Crippen LogP) is 4.68. The highest BCUT2D eigenvalue weighted by atomic mass is 32.1. The van der Waals surface area contributed by atoms with E-state index < -0.39 is 35.4 Å². The van der Waals surface area contributed by atoms with Crippen LogP contribution in [0.25, 0.3) is 10.2 Å². The summed E-state index contributed by atoms with van der Waals surface area (Å²) in [7, 11) is 1.36. The first kappa shape index (κ1) is 23.9. The fraction of sp³-hybridized carbons (Fsp3) is 0.318. The van der Waals surface area contributed by atoms with Crippen molar-refractivity contribution in [2.75, 3.05) is 24.2 Å². The lowest BCUT2D eigenvalue weighted by molar-refractivity contribution is -0.172. The molecule has 2 aromatic carbocycles. The topological polar surface area (TPSA) is 100 Å². The second-order valence-electron chi connectivity index (χ2n) is 8.13. The summed E-state index contributed by atoms with van der Waals surface area (Å²) in [5.74, 6) is -3.85. The molecule has 0 saturated heterocycles. The van der Waals surface area contributed by atoms with Crippen molar-refractivity contribution in [3.63, 3.8) is 0 Å². The molecule has 4 N–H and O–H groups in total. The van der Waals surface area contributed by atoms with E-state index in [2.05, 4.69) is 15.6 Å². The molecule has 34 heavy (non-hydrogen) atoms.